The predicted octanol–water partition coefficient (Wildman–Crippen LogP) is 6.11. The number of amides is 1. The molecule has 1 heterocycles. The fraction of sp³-hybridized carbons (Fsp3) is 0.393. The third-order valence-corrected chi connectivity index (χ3v) is 6.46. The first-order valence-corrected chi connectivity index (χ1v) is 11.8. The van der Waals surface area contributed by atoms with Crippen molar-refractivity contribution in [1.82, 2.24) is 5.32 Å². The molecule has 0 bridgehead atoms. The van der Waals surface area contributed by atoms with E-state index in [4.69, 9.17) is 4.74 Å². The van der Waals surface area contributed by atoms with Crippen molar-refractivity contribution in [3.63, 3.8) is 0 Å². The van der Waals surface area contributed by atoms with E-state index in [1.165, 1.54) is 18.5 Å². The molecule has 4 heteroatoms. The van der Waals surface area contributed by atoms with Crippen molar-refractivity contribution in [2.24, 2.45) is 5.92 Å². The van der Waals surface area contributed by atoms with E-state index in [9.17, 15) is 4.79 Å². The maximum Gasteiger partial charge on any atom is 0.261 e. The summed E-state index contributed by atoms with van der Waals surface area (Å²) >= 11 is 0. The SMILES string of the molecule is CC[C@H](Oc1cccc2ccccc12)C(=O)N[C@H](C)c1ccc(N2CCC[C@H](C)C2)cc1. The zero-order valence-electron chi connectivity index (χ0n) is 19.4. The number of hydrogen-bond donors (Lipinski definition) is 1. The van der Waals surface area contributed by atoms with E-state index >= 15 is 0 Å². The van der Waals surface area contributed by atoms with Gasteiger partial charge < -0.3 is 15.0 Å². The number of piperidine rings is 1. The molecule has 1 aliphatic heterocycles. The van der Waals surface area contributed by atoms with Crippen LogP contribution in [0.25, 0.3) is 10.8 Å². The number of anilines is 1. The molecule has 0 aliphatic carbocycles. The molecule has 1 saturated heterocycles. The third kappa shape index (κ3) is 5.07. The second-order valence-corrected chi connectivity index (χ2v) is 9.01. The highest BCUT2D eigenvalue weighted by molar-refractivity contribution is 5.89. The Labute approximate surface area is 191 Å². The lowest BCUT2D eigenvalue weighted by atomic mass is 9.99. The lowest BCUT2D eigenvalue weighted by molar-refractivity contribution is -0.128. The molecule has 3 atom stereocenters. The molecule has 1 amide bonds. The Kier molecular flexibility index (Phi) is 6.99. The number of benzene rings is 3. The fourth-order valence-electron chi connectivity index (χ4n) is 4.56. The van der Waals surface area contributed by atoms with Crippen LogP contribution in [0.5, 0.6) is 5.75 Å². The Morgan fingerprint density at radius 3 is 2.59 bits per heavy atom. The van der Waals surface area contributed by atoms with Crippen LogP contribution in [0.3, 0.4) is 0 Å². The molecule has 1 N–H and O–H groups in total. The molecule has 4 rings (SSSR count). The summed E-state index contributed by atoms with van der Waals surface area (Å²) in [6.45, 7) is 8.58. The summed E-state index contributed by atoms with van der Waals surface area (Å²) < 4.78 is 6.17. The van der Waals surface area contributed by atoms with Crippen molar-refractivity contribution in [2.75, 3.05) is 18.0 Å². The number of carbonyl (C=O) groups is 1. The Bertz CT molecular complexity index is 1040. The molecule has 32 heavy (non-hydrogen) atoms. The highest BCUT2D eigenvalue weighted by Gasteiger charge is 2.22. The molecule has 0 aromatic heterocycles. The zero-order chi connectivity index (χ0) is 22.5. The minimum atomic E-state index is -0.530. The van der Waals surface area contributed by atoms with E-state index in [0.29, 0.717) is 6.42 Å². The van der Waals surface area contributed by atoms with Crippen LogP contribution in [-0.4, -0.2) is 25.1 Å². The van der Waals surface area contributed by atoms with Gasteiger partial charge in [0.2, 0.25) is 0 Å². The van der Waals surface area contributed by atoms with Crippen molar-refractivity contribution in [2.45, 2.75) is 52.2 Å². The average Bonchev–Trinajstić information content (AvgIpc) is 2.82. The van der Waals surface area contributed by atoms with E-state index in [2.05, 4.69) is 53.5 Å². The van der Waals surface area contributed by atoms with Gasteiger partial charge in [0.1, 0.15) is 5.75 Å². The van der Waals surface area contributed by atoms with Gasteiger partial charge in [0, 0.05) is 24.2 Å². The number of hydrogen-bond acceptors (Lipinski definition) is 3. The predicted molar refractivity (Wildman–Crippen MR) is 132 cm³/mol. The van der Waals surface area contributed by atoms with Gasteiger partial charge in [-0.1, -0.05) is 62.4 Å². The summed E-state index contributed by atoms with van der Waals surface area (Å²) in [6, 6.07) is 22.6. The Morgan fingerprint density at radius 2 is 1.84 bits per heavy atom. The van der Waals surface area contributed by atoms with Gasteiger partial charge in [-0.2, -0.15) is 0 Å². The smallest absolute Gasteiger partial charge is 0.261 e. The largest absolute Gasteiger partial charge is 0.480 e. The van der Waals surface area contributed by atoms with E-state index in [0.717, 1.165) is 41.1 Å². The molecule has 0 saturated carbocycles. The maximum atomic E-state index is 13.0. The number of fused-ring (bicyclic) bond motifs is 1. The molecule has 3 aromatic carbocycles. The Hall–Kier alpha value is -3.01. The summed E-state index contributed by atoms with van der Waals surface area (Å²) in [5, 5.41) is 5.28. The van der Waals surface area contributed by atoms with Gasteiger partial charge in [0.25, 0.3) is 5.91 Å². The van der Waals surface area contributed by atoms with E-state index < -0.39 is 6.10 Å². The van der Waals surface area contributed by atoms with Gasteiger partial charge in [-0.05, 0) is 61.3 Å². The van der Waals surface area contributed by atoms with E-state index in [1.54, 1.807) is 0 Å². The van der Waals surface area contributed by atoms with Gasteiger partial charge >= 0.3 is 0 Å². The zero-order valence-corrected chi connectivity index (χ0v) is 19.4. The topological polar surface area (TPSA) is 41.6 Å². The highest BCUT2D eigenvalue weighted by Crippen LogP contribution is 2.27. The molecule has 1 fully saturated rings. The monoisotopic (exact) mass is 430 g/mol. The molecular formula is C28H34N2O2. The molecule has 0 radical (unpaired) electrons. The maximum absolute atomic E-state index is 13.0. The third-order valence-electron chi connectivity index (χ3n) is 6.46. The lowest BCUT2D eigenvalue weighted by Crippen LogP contribution is -2.39. The lowest BCUT2D eigenvalue weighted by Gasteiger charge is -2.33. The van der Waals surface area contributed by atoms with E-state index in [-0.39, 0.29) is 11.9 Å². The van der Waals surface area contributed by atoms with Crippen LogP contribution in [-0.2, 0) is 4.79 Å². The molecular weight excluding hydrogens is 396 g/mol. The van der Waals surface area contributed by atoms with Crippen LogP contribution in [0.15, 0.2) is 66.7 Å². The van der Waals surface area contributed by atoms with Crippen molar-refractivity contribution in [3.05, 3.63) is 72.3 Å². The van der Waals surface area contributed by atoms with E-state index in [1.807, 2.05) is 44.2 Å². The summed E-state index contributed by atoms with van der Waals surface area (Å²) in [4.78, 5) is 15.5. The average molecular weight is 431 g/mol. The summed E-state index contributed by atoms with van der Waals surface area (Å²) in [5.74, 6) is 1.41. The van der Waals surface area contributed by atoms with Crippen LogP contribution in [0.2, 0.25) is 0 Å². The number of nitrogens with zero attached hydrogens (tertiary/aromatic N) is 1. The van der Waals surface area contributed by atoms with Crippen molar-refractivity contribution >= 4 is 22.4 Å². The van der Waals surface area contributed by atoms with Crippen molar-refractivity contribution in [3.8, 4) is 5.75 Å². The second-order valence-electron chi connectivity index (χ2n) is 9.01. The van der Waals surface area contributed by atoms with Crippen LogP contribution in [0.1, 0.15) is 51.6 Å². The molecule has 4 nitrogen and oxygen atoms in total. The highest BCUT2D eigenvalue weighted by atomic mass is 16.5. The molecule has 0 spiro atoms. The first-order valence-electron chi connectivity index (χ1n) is 11.8. The van der Waals surface area contributed by atoms with Crippen LogP contribution in [0, 0.1) is 5.92 Å². The number of nitrogens with one attached hydrogen (secondary N) is 1. The first kappa shape index (κ1) is 22.2. The van der Waals surface area contributed by atoms with Crippen LogP contribution >= 0.6 is 0 Å². The van der Waals surface area contributed by atoms with Crippen molar-refractivity contribution in [1.29, 1.82) is 0 Å². The van der Waals surface area contributed by atoms with Gasteiger partial charge in [-0.15, -0.1) is 0 Å². The minimum Gasteiger partial charge on any atom is -0.480 e. The summed E-state index contributed by atoms with van der Waals surface area (Å²) in [5.41, 5.74) is 2.37. The van der Waals surface area contributed by atoms with Gasteiger partial charge in [0.05, 0.1) is 6.04 Å². The summed E-state index contributed by atoms with van der Waals surface area (Å²) in [6.07, 6.45) is 2.65. The second kappa shape index (κ2) is 10.1. The fourth-order valence-corrected chi connectivity index (χ4v) is 4.56. The standard InChI is InChI=1S/C28H34N2O2/c1-4-26(32-27-13-7-11-23-10-5-6-12-25(23)27)28(31)29-21(3)22-14-16-24(17-15-22)30-18-8-9-20(2)19-30/h5-7,10-17,20-21,26H,4,8-9,18-19H2,1-3H3,(H,29,31)/t20-,21+,26-/m0/s1. The molecule has 168 valence electrons. The van der Waals surface area contributed by atoms with Crippen LogP contribution in [0.4, 0.5) is 5.69 Å². The molecule has 3 aromatic rings. The normalized spacial score (nSPS) is 18.2. The Balaban J connectivity index is 1.40. The quantitative estimate of drug-likeness (QED) is 0.492. The first-order chi connectivity index (χ1) is 15.5. The Morgan fingerprint density at radius 1 is 1.09 bits per heavy atom. The van der Waals surface area contributed by atoms with Crippen LogP contribution < -0.4 is 15.0 Å². The minimum absolute atomic E-state index is 0.0815. The molecule has 1 aliphatic rings. The number of ether oxygens (including phenoxy) is 1. The number of carbonyl (C=O) groups excluding carboxylic acids is 1. The molecule has 0 unspecified atom stereocenters. The van der Waals surface area contributed by atoms with Crippen molar-refractivity contribution < 1.29 is 9.53 Å². The number of rotatable bonds is 7. The van der Waals surface area contributed by atoms with Gasteiger partial charge in [-0.25, -0.2) is 0 Å². The van der Waals surface area contributed by atoms with Gasteiger partial charge in [-0.3, -0.25) is 4.79 Å². The van der Waals surface area contributed by atoms with Gasteiger partial charge in [0.15, 0.2) is 6.10 Å². The summed E-state index contributed by atoms with van der Waals surface area (Å²) in [7, 11) is 0.